The Morgan fingerprint density at radius 3 is 2.65 bits per heavy atom. The number of ether oxygens (including phenoxy) is 1. The maximum atomic E-state index is 12.7. The molecule has 0 spiro atoms. The van der Waals surface area contributed by atoms with Gasteiger partial charge in [0.15, 0.2) is 0 Å². The summed E-state index contributed by atoms with van der Waals surface area (Å²) in [7, 11) is 1.52. The van der Waals surface area contributed by atoms with E-state index in [0.29, 0.717) is 13.0 Å². The molecule has 20 heavy (non-hydrogen) atoms. The van der Waals surface area contributed by atoms with Gasteiger partial charge in [0.1, 0.15) is 12.8 Å². The Labute approximate surface area is 117 Å². The van der Waals surface area contributed by atoms with Crippen LogP contribution < -0.4 is 11.5 Å². The van der Waals surface area contributed by atoms with Gasteiger partial charge in [0.05, 0.1) is 17.9 Å². The van der Waals surface area contributed by atoms with E-state index in [0.717, 1.165) is 16.8 Å². The number of benzene rings is 1. The van der Waals surface area contributed by atoms with Gasteiger partial charge < -0.3 is 21.0 Å². The number of alkyl halides is 1. The number of halogens is 1. The van der Waals surface area contributed by atoms with Gasteiger partial charge in [-0.25, -0.2) is 4.39 Å². The van der Waals surface area contributed by atoms with Gasteiger partial charge in [-0.05, 0) is 11.1 Å². The maximum absolute atomic E-state index is 12.7. The third kappa shape index (κ3) is 3.15. The highest BCUT2D eigenvalue weighted by atomic mass is 19.1. The Kier molecular flexibility index (Phi) is 5.05. The molecule has 1 aliphatic rings. The average molecular weight is 281 g/mol. The molecule has 0 radical (unpaired) electrons. The molecular formula is C14H20FN3O2. The molecule has 1 aromatic carbocycles. The van der Waals surface area contributed by atoms with Crippen molar-refractivity contribution < 1.29 is 14.0 Å². The van der Waals surface area contributed by atoms with Gasteiger partial charge in [0.2, 0.25) is 0 Å². The Balaban J connectivity index is 2.10. The summed E-state index contributed by atoms with van der Waals surface area (Å²) in [5.41, 5.74) is 13.9. The highest BCUT2D eigenvalue weighted by Crippen LogP contribution is 2.22. The quantitative estimate of drug-likeness (QED) is 0.818. The Morgan fingerprint density at radius 2 is 2.15 bits per heavy atom. The van der Waals surface area contributed by atoms with Crippen molar-refractivity contribution in [2.45, 2.75) is 24.7 Å². The largest absolute Gasteiger partial charge is 0.390 e. The fraction of sp³-hybridized carbons (Fsp3) is 0.500. The molecule has 0 amide bonds. The molecule has 0 saturated heterocycles. The van der Waals surface area contributed by atoms with E-state index in [9.17, 15) is 4.39 Å². The van der Waals surface area contributed by atoms with Crippen molar-refractivity contribution in [2.75, 3.05) is 20.3 Å². The Bertz CT molecular complexity index is 464. The monoisotopic (exact) mass is 281 g/mol. The summed E-state index contributed by atoms with van der Waals surface area (Å²) in [6.45, 7) is -0.179. The van der Waals surface area contributed by atoms with Gasteiger partial charge in [-0.15, -0.1) is 0 Å². The lowest BCUT2D eigenvalue weighted by atomic mass is 9.99. The molecule has 0 aromatic heterocycles. The molecule has 110 valence electrons. The number of rotatable bonds is 6. The van der Waals surface area contributed by atoms with E-state index in [4.69, 9.17) is 21.0 Å². The summed E-state index contributed by atoms with van der Waals surface area (Å²) < 4.78 is 17.9. The van der Waals surface area contributed by atoms with Crippen LogP contribution in [0.5, 0.6) is 0 Å². The van der Waals surface area contributed by atoms with Crippen molar-refractivity contribution in [3.63, 3.8) is 0 Å². The summed E-state index contributed by atoms with van der Waals surface area (Å²) in [5, 5.41) is 4.02. The highest BCUT2D eigenvalue weighted by Gasteiger charge is 2.22. The maximum Gasteiger partial charge on any atom is 0.145 e. The number of nitrogens with two attached hydrogens (primary N) is 2. The highest BCUT2D eigenvalue weighted by molar-refractivity contribution is 6.01. The number of nitrogens with zero attached hydrogens (tertiary/aromatic N) is 1. The zero-order valence-corrected chi connectivity index (χ0v) is 11.5. The average Bonchev–Trinajstić information content (AvgIpc) is 2.97. The van der Waals surface area contributed by atoms with E-state index < -0.39 is 18.8 Å². The van der Waals surface area contributed by atoms with E-state index in [-0.39, 0.29) is 6.10 Å². The van der Waals surface area contributed by atoms with E-state index >= 15 is 0 Å². The van der Waals surface area contributed by atoms with Gasteiger partial charge in [0, 0.05) is 20.1 Å². The van der Waals surface area contributed by atoms with Crippen molar-refractivity contribution in [3.8, 4) is 0 Å². The molecule has 3 atom stereocenters. The normalized spacial score (nSPS) is 21.2. The third-order valence-electron chi connectivity index (χ3n) is 3.39. The molecule has 2 rings (SSSR count). The summed E-state index contributed by atoms with van der Waals surface area (Å²) in [6, 6.07) is 6.90. The minimum Gasteiger partial charge on any atom is -0.390 e. The molecule has 0 bridgehead atoms. The Hall–Kier alpha value is -1.50. The first kappa shape index (κ1) is 14.9. The summed E-state index contributed by atoms with van der Waals surface area (Å²) >= 11 is 0. The fourth-order valence-electron chi connectivity index (χ4n) is 2.23. The zero-order chi connectivity index (χ0) is 14.5. The Morgan fingerprint density at radius 1 is 1.45 bits per heavy atom. The molecule has 6 heteroatoms. The molecule has 0 unspecified atom stereocenters. The molecule has 0 aliphatic carbocycles. The number of hydrogen-bond acceptors (Lipinski definition) is 5. The first-order valence-electron chi connectivity index (χ1n) is 6.57. The van der Waals surface area contributed by atoms with Crippen LogP contribution in [-0.4, -0.2) is 38.2 Å². The van der Waals surface area contributed by atoms with Gasteiger partial charge >= 0.3 is 0 Å². The lowest BCUT2D eigenvalue weighted by Gasteiger charge is -2.20. The van der Waals surface area contributed by atoms with Gasteiger partial charge in [0.25, 0.3) is 0 Å². The van der Waals surface area contributed by atoms with Gasteiger partial charge in [-0.3, -0.25) is 0 Å². The minimum absolute atomic E-state index is 0.0450. The predicted molar refractivity (Wildman–Crippen MR) is 75.2 cm³/mol. The SMILES string of the molecule is CO[C@H](c1ccc(C2=NO[C@H](CN)C2)cc1)[C@H](N)CF. The molecule has 0 saturated carbocycles. The van der Waals surface area contributed by atoms with Crippen molar-refractivity contribution in [1.29, 1.82) is 0 Å². The number of hydrogen-bond donors (Lipinski definition) is 2. The fourth-order valence-corrected chi connectivity index (χ4v) is 2.23. The third-order valence-corrected chi connectivity index (χ3v) is 3.39. The van der Waals surface area contributed by atoms with Crippen LogP contribution in [0, 0.1) is 0 Å². The van der Waals surface area contributed by atoms with Crippen molar-refractivity contribution >= 4 is 5.71 Å². The number of methoxy groups -OCH3 is 1. The van der Waals surface area contributed by atoms with Gasteiger partial charge in [-0.1, -0.05) is 29.4 Å². The smallest absolute Gasteiger partial charge is 0.145 e. The second kappa shape index (κ2) is 6.78. The predicted octanol–water partition coefficient (Wildman–Crippen LogP) is 1.12. The summed E-state index contributed by atoms with van der Waals surface area (Å²) in [5.74, 6) is 0. The van der Waals surface area contributed by atoms with Crippen LogP contribution >= 0.6 is 0 Å². The van der Waals surface area contributed by atoms with Crippen LogP contribution in [0.3, 0.4) is 0 Å². The van der Waals surface area contributed by atoms with Crippen molar-refractivity contribution in [2.24, 2.45) is 16.6 Å². The van der Waals surface area contributed by atoms with E-state index in [2.05, 4.69) is 5.16 Å². The zero-order valence-electron chi connectivity index (χ0n) is 11.5. The van der Waals surface area contributed by atoms with Crippen molar-refractivity contribution in [1.82, 2.24) is 0 Å². The lowest BCUT2D eigenvalue weighted by Crippen LogP contribution is -2.31. The van der Waals surface area contributed by atoms with Crippen LogP contribution in [0.15, 0.2) is 29.4 Å². The topological polar surface area (TPSA) is 82.9 Å². The second-order valence-corrected chi connectivity index (χ2v) is 4.80. The molecule has 5 nitrogen and oxygen atoms in total. The van der Waals surface area contributed by atoms with Crippen LogP contribution in [0.4, 0.5) is 4.39 Å². The molecule has 1 aromatic rings. The first-order valence-corrected chi connectivity index (χ1v) is 6.57. The van der Waals surface area contributed by atoms with E-state index in [1.165, 1.54) is 7.11 Å². The van der Waals surface area contributed by atoms with Gasteiger partial charge in [-0.2, -0.15) is 0 Å². The molecule has 1 aliphatic heterocycles. The van der Waals surface area contributed by atoms with E-state index in [1.54, 1.807) is 0 Å². The van der Waals surface area contributed by atoms with Crippen molar-refractivity contribution in [3.05, 3.63) is 35.4 Å². The summed E-state index contributed by atoms with van der Waals surface area (Å²) in [6.07, 6.45) is 0.206. The standard InChI is InChI=1S/C14H20FN3O2/c1-19-14(12(17)7-15)10-4-2-9(3-5-10)13-6-11(8-16)20-18-13/h2-5,11-12,14H,6-8,16-17H2,1H3/t11-,12+,14+/m0/s1. The molecule has 0 fully saturated rings. The second-order valence-electron chi connectivity index (χ2n) is 4.80. The summed E-state index contributed by atoms with van der Waals surface area (Å²) in [4.78, 5) is 5.19. The molecule has 4 N–H and O–H groups in total. The lowest BCUT2D eigenvalue weighted by molar-refractivity contribution is 0.0721. The first-order chi connectivity index (χ1) is 9.69. The van der Waals surface area contributed by atoms with Crippen LogP contribution in [-0.2, 0) is 9.57 Å². The van der Waals surface area contributed by atoms with Crippen LogP contribution in [0.2, 0.25) is 0 Å². The number of oxime groups is 1. The van der Waals surface area contributed by atoms with Crippen LogP contribution in [0.25, 0.3) is 0 Å². The van der Waals surface area contributed by atoms with Crippen LogP contribution in [0.1, 0.15) is 23.7 Å². The minimum atomic E-state index is -0.667. The molecule has 1 heterocycles. The van der Waals surface area contributed by atoms with E-state index in [1.807, 2.05) is 24.3 Å². The molecular weight excluding hydrogens is 261 g/mol.